The van der Waals surface area contributed by atoms with E-state index < -0.39 is 10.0 Å². The van der Waals surface area contributed by atoms with Gasteiger partial charge in [-0.25, -0.2) is 12.4 Å². The van der Waals surface area contributed by atoms with Gasteiger partial charge in [-0.15, -0.1) is 0 Å². The van der Waals surface area contributed by atoms with Crippen molar-refractivity contribution in [2.45, 2.75) is 11.4 Å². The second kappa shape index (κ2) is 7.32. The van der Waals surface area contributed by atoms with Crippen LogP contribution in [0.15, 0.2) is 96.0 Å². The average molecular weight is 390 g/mol. The summed E-state index contributed by atoms with van der Waals surface area (Å²) in [7, 11) is -3.81. The zero-order valence-electron chi connectivity index (χ0n) is 14.9. The monoisotopic (exact) mass is 390 g/mol. The van der Waals surface area contributed by atoms with Crippen molar-refractivity contribution in [1.29, 1.82) is 0 Å². The second-order valence-electron chi connectivity index (χ2n) is 6.34. The summed E-state index contributed by atoms with van der Waals surface area (Å²) in [5.74, 6) is -0.318. The van der Waals surface area contributed by atoms with E-state index >= 15 is 0 Å². The number of nitrogens with one attached hydrogen (secondary N) is 1. The van der Waals surface area contributed by atoms with E-state index in [2.05, 4.69) is 5.32 Å². The van der Waals surface area contributed by atoms with Crippen LogP contribution in [0.5, 0.6) is 0 Å². The normalized spacial score (nSPS) is 11.4. The Morgan fingerprint density at radius 3 is 2.14 bits per heavy atom. The molecule has 0 saturated carbocycles. The van der Waals surface area contributed by atoms with Gasteiger partial charge < -0.3 is 5.32 Å². The van der Waals surface area contributed by atoms with Gasteiger partial charge in [-0.2, -0.15) is 0 Å². The maximum atomic E-state index is 13.1. The second-order valence-corrected chi connectivity index (χ2v) is 8.16. The maximum absolute atomic E-state index is 13.1. The van der Waals surface area contributed by atoms with E-state index in [4.69, 9.17) is 0 Å². The number of hydrogen-bond acceptors (Lipinski definition) is 3. The summed E-state index contributed by atoms with van der Waals surface area (Å²) < 4.78 is 27.4. The van der Waals surface area contributed by atoms with Gasteiger partial charge in [-0.3, -0.25) is 4.79 Å². The standard InChI is InChI=1S/C22H18N2O3S/c25-22(23-15-17-9-3-1-4-10-17)20-16-24(21-14-8-7-13-19(20)21)28(26,27)18-11-5-2-6-12-18/h1-14,16H,15H2,(H,23,25). The number of carbonyl (C=O) groups excluding carboxylic acids is 1. The van der Waals surface area contributed by atoms with Crippen LogP contribution in [0.2, 0.25) is 0 Å². The number of amides is 1. The number of aromatic nitrogens is 1. The Labute approximate surface area is 163 Å². The van der Waals surface area contributed by atoms with E-state index in [9.17, 15) is 13.2 Å². The van der Waals surface area contributed by atoms with Crippen LogP contribution < -0.4 is 5.32 Å². The van der Waals surface area contributed by atoms with Gasteiger partial charge in [0.05, 0.1) is 16.0 Å². The van der Waals surface area contributed by atoms with E-state index in [-0.39, 0.29) is 10.8 Å². The van der Waals surface area contributed by atoms with Crippen molar-refractivity contribution < 1.29 is 13.2 Å². The first-order valence-corrected chi connectivity index (χ1v) is 10.2. The Bertz CT molecular complexity index is 1230. The summed E-state index contributed by atoms with van der Waals surface area (Å²) >= 11 is 0. The predicted molar refractivity (Wildman–Crippen MR) is 109 cm³/mol. The lowest BCUT2D eigenvalue weighted by atomic mass is 10.1. The first-order chi connectivity index (χ1) is 13.6. The van der Waals surface area contributed by atoms with Crippen LogP contribution in [0.4, 0.5) is 0 Å². The SMILES string of the molecule is O=C(NCc1ccccc1)c1cn(S(=O)(=O)c2ccccc2)c2ccccc12. The highest BCUT2D eigenvalue weighted by Gasteiger charge is 2.23. The number of carbonyl (C=O) groups is 1. The van der Waals surface area contributed by atoms with E-state index in [0.29, 0.717) is 23.0 Å². The minimum absolute atomic E-state index is 0.173. The molecule has 0 atom stereocenters. The molecule has 1 heterocycles. The molecule has 0 aliphatic heterocycles. The minimum atomic E-state index is -3.81. The zero-order chi connectivity index (χ0) is 19.6. The Morgan fingerprint density at radius 2 is 1.43 bits per heavy atom. The van der Waals surface area contributed by atoms with Crippen LogP contribution in [0, 0.1) is 0 Å². The summed E-state index contributed by atoms with van der Waals surface area (Å²) in [6.45, 7) is 0.366. The highest BCUT2D eigenvalue weighted by molar-refractivity contribution is 7.90. The third-order valence-corrected chi connectivity index (χ3v) is 6.21. The Balaban J connectivity index is 1.74. The maximum Gasteiger partial charge on any atom is 0.268 e. The van der Waals surface area contributed by atoms with Crippen LogP contribution in [-0.2, 0) is 16.6 Å². The molecule has 0 saturated heterocycles. The topological polar surface area (TPSA) is 68.2 Å². The van der Waals surface area contributed by atoms with Crippen molar-refractivity contribution >= 4 is 26.8 Å². The van der Waals surface area contributed by atoms with Crippen LogP contribution in [0.25, 0.3) is 10.9 Å². The first kappa shape index (κ1) is 18.0. The minimum Gasteiger partial charge on any atom is -0.348 e. The molecule has 0 aliphatic carbocycles. The molecule has 0 bridgehead atoms. The fraction of sp³-hybridized carbons (Fsp3) is 0.0455. The molecule has 0 radical (unpaired) electrons. The molecule has 0 fully saturated rings. The van der Waals surface area contributed by atoms with Crippen LogP contribution in [0.1, 0.15) is 15.9 Å². The lowest BCUT2D eigenvalue weighted by Gasteiger charge is -2.07. The highest BCUT2D eigenvalue weighted by Crippen LogP contribution is 2.26. The van der Waals surface area contributed by atoms with Crippen LogP contribution >= 0.6 is 0 Å². The number of para-hydroxylation sites is 1. The van der Waals surface area contributed by atoms with Gasteiger partial charge in [0.1, 0.15) is 0 Å². The van der Waals surface area contributed by atoms with Gasteiger partial charge in [0.2, 0.25) is 0 Å². The number of benzene rings is 3. The molecule has 1 aromatic heterocycles. The van der Waals surface area contributed by atoms with E-state index in [0.717, 1.165) is 5.56 Å². The van der Waals surface area contributed by atoms with E-state index in [1.807, 2.05) is 30.3 Å². The molecule has 1 N–H and O–H groups in total. The largest absolute Gasteiger partial charge is 0.348 e. The number of nitrogens with zero attached hydrogens (tertiary/aromatic N) is 1. The third-order valence-electron chi connectivity index (χ3n) is 4.52. The van der Waals surface area contributed by atoms with Gasteiger partial charge in [0, 0.05) is 18.1 Å². The molecule has 4 aromatic rings. The molecular formula is C22H18N2O3S. The van der Waals surface area contributed by atoms with Gasteiger partial charge in [-0.05, 0) is 23.8 Å². The van der Waals surface area contributed by atoms with Gasteiger partial charge >= 0.3 is 0 Å². The summed E-state index contributed by atoms with van der Waals surface area (Å²) in [6.07, 6.45) is 1.40. The molecule has 1 amide bonds. The Hall–Kier alpha value is -3.38. The molecule has 0 aliphatic rings. The summed E-state index contributed by atoms with van der Waals surface area (Å²) in [5.41, 5.74) is 1.76. The number of rotatable bonds is 5. The van der Waals surface area contributed by atoms with E-state index in [1.54, 1.807) is 54.6 Å². The molecular weight excluding hydrogens is 372 g/mol. The molecule has 6 heteroatoms. The fourth-order valence-electron chi connectivity index (χ4n) is 3.11. The lowest BCUT2D eigenvalue weighted by molar-refractivity contribution is 0.0952. The Kier molecular flexibility index (Phi) is 4.71. The summed E-state index contributed by atoms with van der Waals surface area (Å²) in [4.78, 5) is 13.0. The summed E-state index contributed by atoms with van der Waals surface area (Å²) in [5, 5.41) is 3.46. The molecule has 4 rings (SSSR count). The first-order valence-electron chi connectivity index (χ1n) is 8.80. The van der Waals surface area contributed by atoms with Gasteiger partial charge in [0.15, 0.2) is 0 Å². The molecule has 28 heavy (non-hydrogen) atoms. The van der Waals surface area contributed by atoms with Gasteiger partial charge in [0.25, 0.3) is 15.9 Å². The number of fused-ring (bicyclic) bond motifs is 1. The Morgan fingerprint density at radius 1 is 0.821 bits per heavy atom. The van der Waals surface area contributed by atoms with Crippen molar-refractivity contribution in [1.82, 2.24) is 9.29 Å². The molecule has 0 spiro atoms. The van der Waals surface area contributed by atoms with Crippen molar-refractivity contribution in [2.75, 3.05) is 0 Å². The number of hydrogen-bond donors (Lipinski definition) is 1. The van der Waals surface area contributed by atoms with E-state index in [1.165, 1.54) is 10.2 Å². The van der Waals surface area contributed by atoms with Crippen molar-refractivity contribution in [3.8, 4) is 0 Å². The third kappa shape index (κ3) is 3.30. The molecule has 0 unspecified atom stereocenters. The van der Waals surface area contributed by atoms with Gasteiger partial charge in [-0.1, -0.05) is 66.7 Å². The van der Waals surface area contributed by atoms with Crippen LogP contribution in [-0.4, -0.2) is 18.3 Å². The smallest absolute Gasteiger partial charge is 0.268 e. The zero-order valence-corrected chi connectivity index (χ0v) is 15.8. The fourth-order valence-corrected chi connectivity index (χ4v) is 4.50. The quantitative estimate of drug-likeness (QED) is 0.563. The van der Waals surface area contributed by atoms with Crippen molar-refractivity contribution in [2.24, 2.45) is 0 Å². The highest BCUT2D eigenvalue weighted by atomic mass is 32.2. The van der Waals surface area contributed by atoms with Crippen molar-refractivity contribution in [3.63, 3.8) is 0 Å². The molecule has 140 valence electrons. The average Bonchev–Trinajstić information content (AvgIpc) is 3.14. The summed E-state index contributed by atoms with van der Waals surface area (Å²) in [6, 6.07) is 24.7. The predicted octanol–water partition coefficient (Wildman–Crippen LogP) is 3.81. The van der Waals surface area contributed by atoms with Crippen LogP contribution in [0.3, 0.4) is 0 Å². The molecule has 5 nitrogen and oxygen atoms in total. The van der Waals surface area contributed by atoms with Crippen molar-refractivity contribution in [3.05, 3.63) is 102 Å². The lowest BCUT2D eigenvalue weighted by Crippen LogP contribution is -2.22. The molecule has 3 aromatic carbocycles.